The number of para-hydroxylation sites is 2. The van der Waals surface area contributed by atoms with E-state index in [1.54, 1.807) is 0 Å². The Bertz CT molecular complexity index is 1120. The third kappa shape index (κ3) is 3.64. The number of carbonyl (C=O) groups excluding carboxylic acids is 1. The Morgan fingerprint density at radius 3 is 2.74 bits per heavy atom. The van der Waals surface area contributed by atoms with Gasteiger partial charge in [0.15, 0.2) is 5.65 Å². The van der Waals surface area contributed by atoms with Crippen LogP contribution in [0.1, 0.15) is 25.3 Å². The smallest absolute Gasteiger partial charge is 0.234 e. The van der Waals surface area contributed by atoms with Crippen LogP contribution >= 0.6 is 11.8 Å². The van der Waals surface area contributed by atoms with Crippen molar-refractivity contribution in [3.63, 3.8) is 0 Å². The minimum Gasteiger partial charge on any atom is -0.338 e. The third-order valence-corrected chi connectivity index (χ3v) is 5.13. The molecule has 1 amide bonds. The Morgan fingerprint density at radius 2 is 1.89 bits per heavy atom. The lowest BCUT2D eigenvalue weighted by Crippen LogP contribution is -2.16. The molecule has 2 aromatic carbocycles. The van der Waals surface area contributed by atoms with Gasteiger partial charge in [-0.05, 0) is 23.6 Å². The highest BCUT2D eigenvalue weighted by Gasteiger charge is 2.12. The molecule has 2 aromatic heterocycles. The number of thioether (sulfide) groups is 1. The topological polar surface area (TPSA) is 83.6 Å². The molecular weight excluding hydrogens is 358 g/mol. The van der Waals surface area contributed by atoms with Gasteiger partial charge in [-0.2, -0.15) is 0 Å². The molecule has 0 unspecified atom stereocenters. The second kappa shape index (κ2) is 7.36. The van der Waals surface area contributed by atoms with Crippen molar-refractivity contribution < 1.29 is 4.79 Å². The van der Waals surface area contributed by atoms with Gasteiger partial charge in [0.25, 0.3) is 0 Å². The van der Waals surface area contributed by atoms with Gasteiger partial charge >= 0.3 is 0 Å². The molecule has 0 spiro atoms. The van der Waals surface area contributed by atoms with Crippen LogP contribution in [0.5, 0.6) is 0 Å². The average molecular weight is 377 g/mol. The van der Waals surface area contributed by atoms with Crippen LogP contribution in [0.3, 0.4) is 0 Å². The molecule has 0 radical (unpaired) electrons. The molecule has 0 atom stereocenters. The number of amides is 1. The maximum Gasteiger partial charge on any atom is 0.234 e. The summed E-state index contributed by atoms with van der Waals surface area (Å²) in [5, 5.41) is 12.9. The number of H-pyrrole nitrogens is 1. The standard InChI is InChI=1S/C20H19N5OS/c1-12(2)13-7-3-5-9-15(13)21-17(26)11-27-20-23-19-18(24-25-20)14-8-4-6-10-16(14)22-19/h3-10,12H,11H2,1-2H3,(H,21,26)(H,22,23,25). The molecule has 2 N–H and O–H groups in total. The van der Waals surface area contributed by atoms with Crippen LogP contribution in [0, 0.1) is 0 Å². The fraction of sp³-hybridized carbons (Fsp3) is 0.200. The summed E-state index contributed by atoms with van der Waals surface area (Å²) in [7, 11) is 0. The number of hydrogen-bond donors (Lipinski definition) is 2. The molecule has 0 saturated heterocycles. The van der Waals surface area contributed by atoms with E-state index in [4.69, 9.17) is 0 Å². The van der Waals surface area contributed by atoms with Crippen molar-refractivity contribution in [2.75, 3.05) is 11.1 Å². The van der Waals surface area contributed by atoms with Crippen LogP contribution < -0.4 is 5.32 Å². The Hall–Kier alpha value is -2.93. The number of nitrogens with zero attached hydrogens (tertiary/aromatic N) is 3. The third-order valence-electron chi connectivity index (χ3n) is 4.29. The number of fused-ring (bicyclic) bond motifs is 3. The molecule has 0 fully saturated rings. The zero-order valence-corrected chi connectivity index (χ0v) is 15.9. The Balaban J connectivity index is 1.47. The zero-order chi connectivity index (χ0) is 18.8. The molecule has 7 heteroatoms. The van der Waals surface area contributed by atoms with Gasteiger partial charge in [0.1, 0.15) is 5.52 Å². The van der Waals surface area contributed by atoms with Crippen molar-refractivity contribution in [1.82, 2.24) is 20.2 Å². The number of anilines is 1. The van der Waals surface area contributed by atoms with E-state index in [1.165, 1.54) is 11.8 Å². The minimum absolute atomic E-state index is 0.0894. The molecule has 0 saturated carbocycles. The Morgan fingerprint density at radius 1 is 1.11 bits per heavy atom. The van der Waals surface area contributed by atoms with Gasteiger partial charge in [0.05, 0.1) is 5.75 Å². The van der Waals surface area contributed by atoms with Crippen LogP contribution in [-0.4, -0.2) is 31.8 Å². The first kappa shape index (κ1) is 17.5. The number of hydrogen-bond acceptors (Lipinski definition) is 5. The second-order valence-corrected chi connectivity index (χ2v) is 7.48. The van der Waals surface area contributed by atoms with Crippen LogP contribution in [0.25, 0.3) is 22.1 Å². The first-order chi connectivity index (χ1) is 13.1. The molecule has 4 rings (SSSR count). The van der Waals surface area contributed by atoms with Crippen molar-refractivity contribution in [2.24, 2.45) is 0 Å². The molecule has 136 valence electrons. The van der Waals surface area contributed by atoms with Gasteiger partial charge < -0.3 is 10.3 Å². The van der Waals surface area contributed by atoms with Gasteiger partial charge in [-0.3, -0.25) is 4.79 Å². The van der Waals surface area contributed by atoms with Gasteiger partial charge in [-0.1, -0.05) is 62.0 Å². The van der Waals surface area contributed by atoms with Crippen LogP contribution in [0.4, 0.5) is 5.69 Å². The fourth-order valence-corrected chi connectivity index (χ4v) is 3.58. The summed E-state index contributed by atoms with van der Waals surface area (Å²) >= 11 is 1.27. The highest BCUT2D eigenvalue weighted by Crippen LogP contribution is 2.25. The molecular formula is C20H19N5OS. The maximum absolute atomic E-state index is 12.3. The largest absolute Gasteiger partial charge is 0.338 e. The maximum atomic E-state index is 12.3. The molecule has 0 aliphatic carbocycles. The number of aromatic amines is 1. The number of carbonyl (C=O) groups is 1. The summed E-state index contributed by atoms with van der Waals surface area (Å²) in [4.78, 5) is 20.1. The van der Waals surface area contributed by atoms with Crippen LogP contribution in [-0.2, 0) is 4.79 Å². The van der Waals surface area contributed by atoms with Crippen molar-refractivity contribution in [3.8, 4) is 0 Å². The number of aromatic nitrogens is 4. The fourth-order valence-electron chi connectivity index (χ4n) is 3.00. The lowest BCUT2D eigenvalue weighted by Gasteiger charge is -2.13. The lowest BCUT2D eigenvalue weighted by atomic mass is 10.0. The molecule has 6 nitrogen and oxygen atoms in total. The zero-order valence-electron chi connectivity index (χ0n) is 15.1. The summed E-state index contributed by atoms with van der Waals surface area (Å²) in [6.45, 7) is 4.21. The van der Waals surface area contributed by atoms with Gasteiger partial charge in [0, 0.05) is 16.6 Å². The van der Waals surface area contributed by atoms with Crippen LogP contribution in [0.2, 0.25) is 0 Å². The predicted molar refractivity (Wildman–Crippen MR) is 109 cm³/mol. The van der Waals surface area contributed by atoms with E-state index in [0.717, 1.165) is 27.7 Å². The minimum atomic E-state index is -0.0894. The first-order valence-corrected chi connectivity index (χ1v) is 9.73. The number of nitrogens with one attached hydrogen (secondary N) is 2. The van der Waals surface area contributed by atoms with E-state index in [1.807, 2.05) is 48.5 Å². The summed E-state index contributed by atoms with van der Waals surface area (Å²) < 4.78 is 0. The normalized spacial score (nSPS) is 11.4. The number of benzene rings is 2. The molecule has 4 aromatic rings. The lowest BCUT2D eigenvalue weighted by molar-refractivity contribution is -0.113. The highest BCUT2D eigenvalue weighted by molar-refractivity contribution is 7.99. The predicted octanol–water partition coefficient (Wildman–Crippen LogP) is 4.36. The quantitative estimate of drug-likeness (QED) is 0.505. The van der Waals surface area contributed by atoms with E-state index < -0.39 is 0 Å². The van der Waals surface area contributed by atoms with Crippen molar-refractivity contribution in [2.45, 2.75) is 24.9 Å². The summed E-state index contributed by atoms with van der Waals surface area (Å²) in [5.74, 6) is 0.472. The molecule has 0 aliphatic heterocycles. The van der Waals surface area contributed by atoms with E-state index in [0.29, 0.717) is 16.7 Å². The van der Waals surface area contributed by atoms with E-state index in [2.05, 4.69) is 39.3 Å². The Labute approximate surface area is 160 Å². The van der Waals surface area contributed by atoms with E-state index in [-0.39, 0.29) is 11.7 Å². The summed E-state index contributed by atoms with van der Waals surface area (Å²) in [6, 6.07) is 15.7. The van der Waals surface area contributed by atoms with Crippen LogP contribution in [0.15, 0.2) is 53.7 Å². The Kier molecular flexibility index (Phi) is 4.77. The summed E-state index contributed by atoms with van der Waals surface area (Å²) in [5.41, 5.74) is 4.36. The van der Waals surface area contributed by atoms with Gasteiger partial charge in [0.2, 0.25) is 11.1 Å². The molecule has 0 bridgehead atoms. The summed E-state index contributed by atoms with van der Waals surface area (Å²) in [6.07, 6.45) is 0. The van der Waals surface area contributed by atoms with Gasteiger partial charge in [-0.25, -0.2) is 4.98 Å². The monoisotopic (exact) mass is 377 g/mol. The second-order valence-electron chi connectivity index (χ2n) is 6.54. The first-order valence-electron chi connectivity index (χ1n) is 8.74. The van der Waals surface area contributed by atoms with Crippen molar-refractivity contribution in [1.29, 1.82) is 0 Å². The van der Waals surface area contributed by atoms with Crippen molar-refractivity contribution >= 4 is 45.4 Å². The molecule has 27 heavy (non-hydrogen) atoms. The number of rotatable bonds is 5. The highest BCUT2D eigenvalue weighted by atomic mass is 32.2. The molecule has 0 aliphatic rings. The van der Waals surface area contributed by atoms with E-state index >= 15 is 0 Å². The van der Waals surface area contributed by atoms with Crippen molar-refractivity contribution in [3.05, 3.63) is 54.1 Å². The van der Waals surface area contributed by atoms with E-state index in [9.17, 15) is 4.79 Å². The average Bonchev–Trinajstić information content (AvgIpc) is 3.04. The van der Waals surface area contributed by atoms with Gasteiger partial charge in [-0.15, -0.1) is 10.2 Å². The molecule has 2 heterocycles. The SMILES string of the molecule is CC(C)c1ccccc1NC(=O)CSc1nnc2c(n1)[nH]c1ccccc12.